The molecule has 2 rings (SSSR count). The van der Waals surface area contributed by atoms with Crippen molar-refractivity contribution < 1.29 is 0 Å². The van der Waals surface area contributed by atoms with Crippen molar-refractivity contribution in [3.63, 3.8) is 0 Å². The van der Waals surface area contributed by atoms with Gasteiger partial charge in [-0.05, 0) is 43.6 Å². The average molecular weight is 204 g/mol. The first-order valence-electron chi connectivity index (χ1n) is 5.83. The van der Waals surface area contributed by atoms with Crippen LogP contribution in [0.25, 0.3) is 0 Å². The zero-order valence-electron chi connectivity index (χ0n) is 9.64. The van der Waals surface area contributed by atoms with E-state index in [9.17, 15) is 0 Å². The molecule has 1 aromatic carbocycles. The van der Waals surface area contributed by atoms with Crippen molar-refractivity contribution in [2.45, 2.75) is 25.7 Å². The summed E-state index contributed by atoms with van der Waals surface area (Å²) in [6, 6.07) is 6.64. The first kappa shape index (κ1) is 10.5. The van der Waals surface area contributed by atoms with Crippen LogP contribution in [-0.4, -0.2) is 20.1 Å². The van der Waals surface area contributed by atoms with Gasteiger partial charge in [-0.3, -0.25) is 0 Å². The van der Waals surface area contributed by atoms with Gasteiger partial charge in [-0.2, -0.15) is 0 Å². The maximum Gasteiger partial charge on any atom is 0.0379 e. The molecule has 0 aromatic heterocycles. The monoisotopic (exact) mass is 204 g/mol. The van der Waals surface area contributed by atoms with Gasteiger partial charge in [-0.15, -0.1) is 0 Å². The molecule has 1 aromatic rings. The predicted octanol–water partition coefficient (Wildman–Crippen LogP) is 2.37. The van der Waals surface area contributed by atoms with Crippen LogP contribution < -0.4 is 10.6 Å². The van der Waals surface area contributed by atoms with Gasteiger partial charge in [0.1, 0.15) is 0 Å². The number of anilines is 1. The van der Waals surface area contributed by atoms with Crippen molar-refractivity contribution in [2.75, 3.05) is 25.5 Å². The molecule has 0 radical (unpaired) electrons. The highest BCUT2D eigenvalue weighted by Crippen LogP contribution is 2.34. The highest BCUT2D eigenvalue weighted by molar-refractivity contribution is 5.60. The Balaban J connectivity index is 2.14. The second-order valence-corrected chi connectivity index (χ2v) is 4.37. The van der Waals surface area contributed by atoms with Gasteiger partial charge in [0, 0.05) is 18.2 Å². The number of aryl methyl sites for hydroxylation is 1. The van der Waals surface area contributed by atoms with Crippen molar-refractivity contribution in [3.8, 4) is 0 Å². The molecule has 15 heavy (non-hydrogen) atoms. The first-order valence-corrected chi connectivity index (χ1v) is 5.83. The van der Waals surface area contributed by atoms with Crippen LogP contribution in [0.2, 0.25) is 0 Å². The van der Waals surface area contributed by atoms with E-state index in [0.717, 1.165) is 13.1 Å². The van der Waals surface area contributed by atoms with Crippen LogP contribution in [0.3, 0.4) is 0 Å². The van der Waals surface area contributed by atoms with E-state index in [-0.39, 0.29) is 0 Å². The number of rotatable bonds is 4. The number of benzene rings is 1. The fraction of sp³-hybridized carbons (Fsp3) is 0.538. The minimum Gasteiger partial charge on any atom is -0.384 e. The van der Waals surface area contributed by atoms with E-state index >= 15 is 0 Å². The molecule has 2 N–H and O–H groups in total. The second-order valence-electron chi connectivity index (χ2n) is 4.37. The van der Waals surface area contributed by atoms with Crippen molar-refractivity contribution in [1.82, 2.24) is 5.32 Å². The number of hydrogen-bond acceptors (Lipinski definition) is 2. The smallest absolute Gasteiger partial charge is 0.0379 e. The molecule has 0 aliphatic carbocycles. The van der Waals surface area contributed by atoms with Gasteiger partial charge in [-0.25, -0.2) is 0 Å². The Morgan fingerprint density at radius 2 is 2.33 bits per heavy atom. The van der Waals surface area contributed by atoms with Gasteiger partial charge in [0.25, 0.3) is 0 Å². The summed E-state index contributed by atoms with van der Waals surface area (Å²) in [6.45, 7) is 4.50. The Morgan fingerprint density at radius 3 is 3.13 bits per heavy atom. The Kier molecular flexibility index (Phi) is 3.27. The lowest BCUT2D eigenvalue weighted by molar-refractivity contribution is 0.716. The molecule has 0 amide bonds. The van der Waals surface area contributed by atoms with Gasteiger partial charge in [0.2, 0.25) is 0 Å². The molecule has 0 saturated heterocycles. The van der Waals surface area contributed by atoms with Crippen molar-refractivity contribution >= 4 is 5.69 Å². The molecule has 82 valence electrons. The molecule has 2 nitrogen and oxygen atoms in total. The summed E-state index contributed by atoms with van der Waals surface area (Å²) in [6.07, 6.45) is 2.41. The Labute approximate surface area is 92.1 Å². The zero-order valence-corrected chi connectivity index (χ0v) is 9.64. The highest BCUT2D eigenvalue weighted by atomic mass is 14.9. The largest absolute Gasteiger partial charge is 0.384 e. The number of fused-ring (bicyclic) bond motifs is 1. The van der Waals surface area contributed by atoms with Crippen LogP contribution in [-0.2, 0) is 6.42 Å². The molecule has 1 aliphatic rings. The van der Waals surface area contributed by atoms with Gasteiger partial charge in [0.15, 0.2) is 0 Å². The van der Waals surface area contributed by atoms with E-state index in [1.807, 2.05) is 7.05 Å². The Hall–Kier alpha value is -1.02. The van der Waals surface area contributed by atoms with Crippen LogP contribution in [0, 0.1) is 0 Å². The lowest BCUT2D eigenvalue weighted by atomic mass is 9.94. The van der Waals surface area contributed by atoms with Gasteiger partial charge >= 0.3 is 0 Å². The normalized spacial score (nSPS) is 18.7. The summed E-state index contributed by atoms with van der Waals surface area (Å²) in [5.74, 6) is 0.672. The third-order valence-corrected chi connectivity index (χ3v) is 3.16. The standard InChI is InChI=1S/C13H20N2/c1-10-9-15-12-7-3-5-11(13(10)12)6-4-8-14-2/h3,5,7,10,14-15H,4,6,8-9H2,1-2H3. The molecule has 1 aliphatic heterocycles. The molecule has 0 fully saturated rings. The van der Waals surface area contributed by atoms with E-state index in [2.05, 4.69) is 35.8 Å². The van der Waals surface area contributed by atoms with E-state index in [0.29, 0.717) is 5.92 Å². The topological polar surface area (TPSA) is 24.1 Å². The van der Waals surface area contributed by atoms with E-state index < -0.39 is 0 Å². The maximum absolute atomic E-state index is 3.47. The summed E-state index contributed by atoms with van der Waals surface area (Å²) >= 11 is 0. The summed E-state index contributed by atoms with van der Waals surface area (Å²) in [7, 11) is 2.01. The zero-order chi connectivity index (χ0) is 10.7. The highest BCUT2D eigenvalue weighted by Gasteiger charge is 2.20. The molecule has 2 heteroatoms. The molecular formula is C13H20N2. The summed E-state index contributed by atoms with van der Waals surface area (Å²) in [5.41, 5.74) is 4.43. The van der Waals surface area contributed by atoms with Crippen molar-refractivity contribution in [2.24, 2.45) is 0 Å². The van der Waals surface area contributed by atoms with Gasteiger partial charge in [-0.1, -0.05) is 19.1 Å². The third kappa shape index (κ3) is 2.15. The lowest BCUT2D eigenvalue weighted by Gasteiger charge is -2.10. The Morgan fingerprint density at radius 1 is 1.47 bits per heavy atom. The van der Waals surface area contributed by atoms with Gasteiger partial charge < -0.3 is 10.6 Å². The minimum absolute atomic E-state index is 0.672. The molecular weight excluding hydrogens is 184 g/mol. The number of nitrogens with one attached hydrogen (secondary N) is 2. The molecule has 0 saturated carbocycles. The predicted molar refractivity (Wildman–Crippen MR) is 65.6 cm³/mol. The molecule has 1 heterocycles. The summed E-state index contributed by atoms with van der Waals surface area (Å²) in [5, 5.41) is 6.67. The molecule has 1 unspecified atom stereocenters. The average Bonchev–Trinajstić information content (AvgIpc) is 2.62. The van der Waals surface area contributed by atoms with Gasteiger partial charge in [0.05, 0.1) is 0 Å². The summed E-state index contributed by atoms with van der Waals surface area (Å²) in [4.78, 5) is 0. The minimum atomic E-state index is 0.672. The van der Waals surface area contributed by atoms with E-state index in [1.54, 1.807) is 5.56 Å². The van der Waals surface area contributed by atoms with Crippen LogP contribution in [0.5, 0.6) is 0 Å². The van der Waals surface area contributed by atoms with E-state index in [1.165, 1.54) is 24.1 Å². The quantitative estimate of drug-likeness (QED) is 0.736. The van der Waals surface area contributed by atoms with Crippen LogP contribution in [0.1, 0.15) is 30.4 Å². The fourth-order valence-corrected chi connectivity index (χ4v) is 2.39. The maximum atomic E-state index is 3.47. The lowest BCUT2D eigenvalue weighted by Crippen LogP contribution is -2.09. The number of hydrogen-bond donors (Lipinski definition) is 2. The molecule has 1 atom stereocenters. The SMILES string of the molecule is CNCCCc1cccc2c1C(C)CN2. The molecule has 0 spiro atoms. The van der Waals surface area contributed by atoms with Crippen LogP contribution in [0.15, 0.2) is 18.2 Å². The van der Waals surface area contributed by atoms with Crippen LogP contribution in [0.4, 0.5) is 5.69 Å². The fourth-order valence-electron chi connectivity index (χ4n) is 2.39. The van der Waals surface area contributed by atoms with Crippen molar-refractivity contribution in [3.05, 3.63) is 29.3 Å². The van der Waals surface area contributed by atoms with Crippen LogP contribution >= 0.6 is 0 Å². The van der Waals surface area contributed by atoms with E-state index in [4.69, 9.17) is 0 Å². The Bertz CT molecular complexity index is 333. The second kappa shape index (κ2) is 4.67. The first-order chi connectivity index (χ1) is 7.33. The summed E-state index contributed by atoms with van der Waals surface area (Å²) < 4.78 is 0. The molecule has 0 bridgehead atoms. The van der Waals surface area contributed by atoms with Crippen molar-refractivity contribution in [1.29, 1.82) is 0 Å². The third-order valence-electron chi connectivity index (χ3n) is 3.16.